The summed E-state index contributed by atoms with van der Waals surface area (Å²) in [6, 6.07) is 11.1. The molecule has 21 heavy (non-hydrogen) atoms. The van der Waals surface area contributed by atoms with Crippen molar-refractivity contribution < 1.29 is 13.9 Å². The second-order valence-electron chi connectivity index (χ2n) is 4.71. The van der Waals surface area contributed by atoms with Gasteiger partial charge in [0.1, 0.15) is 11.6 Å². The van der Waals surface area contributed by atoms with Crippen molar-refractivity contribution in [2.75, 3.05) is 12.8 Å². The van der Waals surface area contributed by atoms with Crippen molar-refractivity contribution >= 4 is 11.6 Å². The molecule has 0 aliphatic carbocycles. The van der Waals surface area contributed by atoms with Gasteiger partial charge in [-0.3, -0.25) is 4.79 Å². The van der Waals surface area contributed by atoms with E-state index in [9.17, 15) is 9.18 Å². The molecule has 0 radical (unpaired) electrons. The standard InChI is InChI=1S/C16H17FN2O2/c1-10(11-3-6-13(21-2)7-4-11)19-16(20)14-8-5-12(18)9-15(14)17/h3-10H,18H2,1-2H3,(H,19,20). The summed E-state index contributed by atoms with van der Waals surface area (Å²) in [6.07, 6.45) is 0. The SMILES string of the molecule is COc1ccc(C(C)NC(=O)c2ccc(N)cc2F)cc1. The molecule has 2 aromatic carbocycles. The Kier molecular flexibility index (Phi) is 4.42. The van der Waals surface area contributed by atoms with E-state index in [4.69, 9.17) is 10.5 Å². The molecule has 4 nitrogen and oxygen atoms in total. The van der Waals surface area contributed by atoms with Gasteiger partial charge in [-0.15, -0.1) is 0 Å². The van der Waals surface area contributed by atoms with Crippen molar-refractivity contribution in [2.24, 2.45) is 0 Å². The zero-order valence-corrected chi connectivity index (χ0v) is 11.9. The number of carbonyl (C=O) groups is 1. The minimum atomic E-state index is -0.630. The van der Waals surface area contributed by atoms with Gasteiger partial charge in [-0.2, -0.15) is 0 Å². The Bertz CT molecular complexity index is 641. The van der Waals surface area contributed by atoms with Gasteiger partial charge in [0, 0.05) is 5.69 Å². The number of nitrogens with two attached hydrogens (primary N) is 1. The second kappa shape index (κ2) is 6.26. The molecule has 110 valence electrons. The number of rotatable bonds is 4. The molecular weight excluding hydrogens is 271 g/mol. The van der Waals surface area contributed by atoms with Crippen molar-refractivity contribution in [3.8, 4) is 5.75 Å². The minimum absolute atomic E-state index is 0.0236. The van der Waals surface area contributed by atoms with Crippen LogP contribution in [0.25, 0.3) is 0 Å². The maximum absolute atomic E-state index is 13.7. The molecule has 0 aliphatic rings. The number of hydrogen-bond acceptors (Lipinski definition) is 3. The first kappa shape index (κ1) is 14.8. The number of nitrogens with one attached hydrogen (secondary N) is 1. The van der Waals surface area contributed by atoms with Crippen molar-refractivity contribution in [3.63, 3.8) is 0 Å². The maximum atomic E-state index is 13.7. The number of ether oxygens (including phenoxy) is 1. The van der Waals surface area contributed by atoms with E-state index in [0.717, 1.165) is 17.4 Å². The topological polar surface area (TPSA) is 64.3 Å². The van der Waals surface area contributed by atoms with E-state index >= 15 is 0 Å². The molecule has 2 aromatic rings. The number of nitrogen functional groups attached to an aromatic ring is 1. The lowest BCUT2D eigenvalue weighted by Gasteiger charge is -2.15. The number of benzene rings is 2. The second-order valence-corrected chi connectivity index (χ2v) is 4.71. The molecule has 1 unspecified atom stereocenters. The smallest absolute Gasteiger partial charge is 0.254 e. The monoisotopic (exact) mass is 288 g/mol. The Morgan fingerprint density at radius 2 is 1.90 bits per heavy atom. The highest BCUT2D eigenvalue weighted by atomic mass is 19.1. The highest BCUT2D eigenvalue weighted by Crippen LogP contribution is 2.18. The van der Waals surface area contributed by atoms with Crippen LogP contribution in [0, 0.1) is 5.82 Å². The zero-order chi connectivity index (χ0) is 15.4. The Balaban J connectivity index is 2.10. The van der Waals surface area contributed by atoms with Crippen LogP contribution in [0.15, 0.2) is 42.5 Å². The Morgan fingerprint density at radius 1 is 1.24 bits per heavy atom. The quantitative estimate of drug-likeness (QED) is 0.850. The molecule has 3 N–H and O–H groups in total. The van der Waals surface area contributed by atoms with Crippen molar-refractivity contribution in [2.45, 2.75) is 13.0 Å². The molecule has 0 heterocycles. The number of hydrogen-bond donors (Lipinski definition) is 2. The summed E-state index contributed by atoms with van der Waals surface area (Å²) in [5, 5.41) is 2.75. The Hall–Kier alpha value is -2.56. The fourth-order valence-electron chi connectivity index (χ4n) is 1.97. The summed E-state index contributed by atoms with van der Waals surface area (Å²) >= 11 is 0. The predicted octanol–water partition coefficient (Wildman–Crippen LogP) is 2.91. The first-order valence-electron chi connectivity index (χ1n) is 6.51. The van der Waals surface area contributed by atoms with Gasteiger partial charge in [-0.1, -0.05) is 12.1 Å². The van der Waals surface area contributed by atoms with Gasteiger partial charge in [0.15, 0.2) is 0 Å². The molecule has 0 bridgehead atoms. The van der Waals surface area contributed by atoms with E-state index in [-0.39, 0.29) is 17.3 Å². The number of amides is 1. The van der Waals surface area contributed by atoms with E-state index in [2.05, 4.69) is 5.32 Å². The lowest BCUT2D eigenvalue weighted by molar-refractivity contribution is 0.0936. The average molecular weight is 288 g/mol. The van der Waals surface area contributed by atoms with Gasteiger partial charge < -0.3 is 15.8 Å². The Morgan fingerprint density at radius 3 is 2.48 bits per heavy atom. The molecule has 1 atom stereocenters. The van der Waals surface area contributed by atoms with Crippen LogP contribution in [0.1, 0.15) is 28.9 Å². The number of methoxy groups -OCH3 is 1. The van der Waals surface area contributed by atoms with Crippen LogP contribution >= 0.6 is 0 Å². The van der Waals surface area contributed by atoms with Gasteiger partial charge in [-0.25, -0.2) is 4.39 Å². The summed E-state index contributed by atoms with van der Waals surface area (Å²) in [5.74, 6) is -0.368. The molecule has 1 amide bonds. The normalized spacial score (nSPS) is 11.8. The maximum Gasteiger partial charge on any atom is 0.254 e. The molecular formula is C16H17FN2O2. The van der Waals surface area contributed by atoms with Gasteiger partial charge in [-0.05, 0) is 42.8 Å². The van der Waals surface area contributed by atoms with E-state index < -0.39 is 11.7 Å². The third-order valence-corrected chi connectivity index (χ3v) is 3.20. The lowest BCUT2D eigenvalue weighted by atomic mass is 10.1. The highest BCUT2D eigenvalue weighted by molar-refractivity contribution is 5.95. The van der Waals surface area contributed by atoms with E-state index in [0.29, 0.717) is 0 Å². The third-order valence-electron chi connectivity index (χ3n) is 3.20. The van der Waals surface area contributed by atoms with Crippen molar-refractivity contribution in [1.29, 1.82) is 0 Å². The summed E-state index contributed by atoms with van der Waals surface area (Å²) in [7, 11) is 1.59. The molecule has 0 aliphatic heterocycles. The largest absolute Gasteiger partial charge is 0.497 e. The first-order valence-corrected chi connectivity index (χ1v) is 6.51. The molecule has 0 saturated heterocycles. The van der Waals surface area contributed by atoms with E-state index in [1.807, 2.05) is 31.2 Å². The molecule has 0 aromatic heterocycles. The van der Waals surface area contributed by atoms with Crippen molar-refractivity contribution in [3.05, 3.63) is 59.4 Å². The fraction of sp³-hybridized carbons (Fsp3) is 0.188. The van der Waals surface area contributed by atoms with Crippen LogP contribution in [-0.2, 0) is 0 Å². The molecule has 0 saturated carbocycles. The molecule has 0 spiro atoms. The van der Waals surface area contributed by atoms with Crippen LogP contribution in [0.2, 0.25) is 0 Å². The number of anilines is 1. The van der Waals surface area contributed by atoms with Gasteiger partial charge in [0.05, 0.1) is 18.7 Å². The highest BCUT2D eigenvalue weighted by Gasteiger charge is 2.15. The third kappa shape index (κ3) is 3.51. The zero-order valence-electron chi connectivity index (χ0n) is 11.9. The van der Waals surface area contributed by atoms with Crippen molar-refractivity contribution in [1.82, 2.24) is 5.32 Å². The summed E-state index contributed by atoms with van der Waals surface area (Å²) in [5.41, 5.74) is 6.63. The van der Waals surface area contributed by atoms with Crippen LogP contribution in [0.5, 0.6) is 5.75 Å². The van der Waals surface area contributed by atoms with Crippen LogP contribution in [-0.4, -0.2) is 13.0 Å². The minimum Gasteiger partial charge on any atom is -0.497 e. The van der Waals surface area contributed by atoms with Crippen LogP contribution < -0.4 is 15.8 Å². The van der Waals surface area contributed by atoms with E-state index in [1.165, 1.54) is 12.1 Å². The van der Waals surface area contributed by atoms with Gasteiger partial charge >= 0.3 is 0 Å². The average Bonchev–Trinajstić information content (AvgIpc) is 2.47. The number of carbonyl (C=O) groups excluding carboxylic acids is 1. The fourth-order valence-corrected chi connectivity index (χ4v) is 1.97. The Labute approximate surface area is 122 Å². The molecule has 2 rings (SSSR count). The van der Waals surface area contributed by atoms with Crippen LogP contribution in [0.3, 0.4) is 0 Å². The molecule has 0 fully saturated rings. The van der Waals surface area contributed by atoms with Gasteiger partial charge in [0.25, 0.3) is 5.91 Å². The number of halogens is 1. The first-order chi connectivity index (χ1) is 10.0. The molecule has 5 heteroatoms. The van der Waals surface area contributed by atoms with Gasteiger partial charge in [0.2, 0.25) is 0 Å². The van der Waals surface area contributed by atoms with Crippen LogP contribution in [0.4, 0.5) is 10.1 Å². The summed E-state index contributed by atoms with van der Waals surface area (Å²) < 4.78 is 18.8. The lowest BCUT2D eigenvalue weighted by Crippen LogP contribution is -2.27. The predicted molar refractivity (Wildman–Crippen MR) is 79.7 cm³/mol. The summed E-state index contributed by atoms with van der Waals surface area (Å²) in [4.78, 5) is 12.1. The van der Waals surface area contributed by atoms with E-state index in [1.54, 1.807) is 7.11 Å². The summed E-state index contributed by atoms with van der Waals surface area (Å²) in [6.45, 7) is 1.83.